The Morgan fingerprint density at radius 1 is 0.774 bits per heavy atom. The van der Waals surface area contributed by atoms with Gasteiger partial charge in [-0.2, -0.15) is 0 Å². The second-order valence-electron chi connectivity index (χ2n) is 9.66. The first-order valence-corrected chi connectivity index (χ1v) is 15.1. The lowest BCUT2D eigenvalue weighted by Crippen LogP contribution is -2.42. The van der Waals surface area contributed by atoms with E-state index < -0.39 is 10.0 Å². The number of unbranched alkanes of at least 4 members (excludes halogenated alkanes) is 13. The topological polar surface area (TPSA) is 46.2 Å². The Morgan fingerprint density at radius 2 is 1.26 bits per heavy atom. The Hall–Kier alpha value is -0.430. The average Bonchev–Trinajstić information content (AvgIpc) is 3.27. The van der Waals surface area contributed by atoms with Crippen LogP contribution in [0.2, 0.25) is 0 Å². The first kappa shape index (κ1) is 28.6. The molecule has 1 heterocycles. The second-order valence-corrected chi connectivity index (χ2v) is 12.6. The highest BCUT2D eigenvalue weighted by Crippen LogP contribution is 2.16. The van der Waals surface area contributed by atoms with Crippen LogP contribution in [0.3, 0.4) is 0 Å². The molecule has 1 rings (SSSR count). The normalized spacial score (nSPS) is 12.5. The number of rotatable bonds is 21. The van der Waals surface area contributed by atoms with E-state index in [1.54, 1.807) is 17.5 Å². The molecular formula is C25H49N2O2S2+. The largest absolute Gasteiger partial charge is 0.328 e. The summed E-state index contributed by atoms with van der Waals surface area (Å²) in [5.74, 6) is 0. The molecule has 0 amide bonds. The summed E-state index contributed by atoms with van der Waals surface area (Å²) < 4.78 is 28.4. The van der Waals surface area contributed by atoms with Gasteiger partial charge in [-0.05, 0) is 24.3 Å². The van der Waals surface area contributed by atoms with Gasteiger partial charge in [0.15, 0.2) is 0 Å². The van der Waals surface area contributed by atoms with Crippen molar-refractivity contribution in [3.8, 4) is 0 Å². The molecule has 0 aromatic carbocycles. The summed E-state index contributed by atoms with van der Waals surface area (Å²) in [7, 11) is 1.20. The summed E-state index contributed by atoms with van der Waals surface area (Å²) in [6, 6.07) is 3.43. The minimum Gasteiger partial charge on any atom is -0.328 e. The van der Waals surface area contributed by atoms with Crippen molar-refractivity contribution in [1.82, 2.24) is 4.72 Å². The molecule has 31 heavy (non-hydrogen) atoms. The van der Waals surface area contributed by atoms with E-state index in [1.165, 1.54) is 108 Å². The molecule has 1 N–H and O–H groups in total. The van der Waals surface area contributed by atoms with E-state index in [9.17, 15) is 8.42 Å². The number of quaternary nitrogens is 1. The molecular weight excluding hydrogens is 424 g/mol. The van der Waals surface area contributed by atoms with Crippen LogP contribution >= 0.6 is 11.3 Å². The van der Waals surface area contributed by atoms with E-state index in [0.717, 1.165) is 17.4 Å². The van der Waals surface area contributed by atoms with E-state index in [0.29, 0.717) is 10.8 Å². The van der Waals surface area contributed by atoms with E-state index in [4.69, 9.17) is 0 Å². The Bertz CT molecular complexity index is 628. The lowest BCUT2D eigenvalue weighted by atomic mass is 10.0. The number of sulfonamides is 1. The number of nitrogens with zero attached hydrogens (tertiary/aromatic N) is 1. The molecule has 0 aliphatic heterocycles. The van der Waals surface area contributed by atoms with Crippen LogP contribution in [0.25, 0.3) is 0 Å². The lowest BCUT2D eigenvalue weighted by molar-refractivity contribution is -0.890. The third-order valence-corrected chi connectivity index (χ3v) is 8.97. The fraction of sp³-hybridized carbons (Fsp3) is 0.840. The van der Waals surface area contributed by atoms with E-state index in [1.807, 2.05) is 0 Å². The predicted octanol–water partition coefficient (Wildman–Crippen LogP) is 6.97. The van der Waals surface area contributed by atoms with Gasteiger partial charge in [0, 0.05) is 13.0 Å². The Balaban J connectivity index is 1.92. The maximum atomic E-state index is 12.1. The summed E-state index contributed by atoms with van der Waals surface area (Å²) in [6.07, 6.45) is 20.4. The van der Waals surface area contributed by atoms with Crippen molar-refractivity contribution in [3.63, 3.8) is 0 Å². The standard InChI is InChI=1S/C25H49N2O2S2/c1-4-5-6-7-8-9-10-11-12-13-14-15-16-17-22-27(2,3)23-19-21-26-31(28,29)25-20-18-24-30-25/h18,20,24,26H,4-17,19,21-23H2,1-3H3/q+1. The fourth-order valence-electron chi connectivity index (χ4n) is 4.05. The van der Waals surface area contributed by atoms with Crippen molar-refractivity contribution < 1.29 is 12.9 Å². The van der Waals surface area contributed by atoms with Gasteiger partial charge < -0.3 is 4.48 Å². The molecule has 1 aromatic heterocycles. The van der Waals surface area contributed by atoms with Crippen LogP contribution in [0.4, 0.5) is 0 Å². The molecule has 0 unspecified atom stereocenters. The highest BCUT2D eigenvalue weighted by Gasteiger charge is 2.17. The third kappa shape index (κ3) is 15.1. The maximum Gasteiger partial charge on any atom is 0.250 e. The molecule has 0 atom stereocenters. The fourth-order valence-corrected chi connectivity index (χ4v) is 6.16. The Labute approximate surface area is 197 Å². The molecule has 0 aliphatic rings. The van der Waals surface area contributed by atoms with Crippen molar-refractivity contribution >= 4 is 21.4 Å². The van der Waals surface area contributed by atoms with Crippen LogP contribution in [-0.2, 0) is 10.0 Å². The summed E-state index contributed by atoms with van der Waals surface area (Å²) in [5.41, 5.74) is 0. The summed E-state index contributed by atoms with van der Waals surface area (Å²) in [5, 5.41) is 1.80. The van der Waals surface area contributed by atoms with Gasteiger partial charge in [-0.3, -0.25) is 0 Å². The molecule has 6 heteroatoms. The molecule has 0 saturated heterocycles. The number of hydrogen-bond acceptors (Lipinski definition) is 3. The predicted molar refractivity (Wildman–Crippen MR) is 136 cm³/mol. The highest BCUT2D eigenvalue weighted by atomic mass is 32.2. The smallest absolute Gasteiger partial charge is 0.250 e. The van der Waals surface area contributed by atoms with Crippen LogP contribution in [0.1, 0.15) is 103 Å². The van der Waals surface area contributed by atoms with Gasteiger partial charge >= 0.3 is 0 Å². The number of hydrogen-bond donors (Lipinski definition) is 1. The monoisotopic (exact) mass is 473 g/mol. The van der Waals surface area contributed by atoms with Crippen LogP contribution in [0, 0.1) is 0 Å². The molecule has 0 bridgehead atoms. The van der Waals surface area contributed by atoms with Gasteiger partial charge in [0.25, 0.3) is 0 Å². The Kier molecular flexibility index (Phi) is 15.8. The van der Waals surface area contributed by atoms with Gasteiger partial charge in [-0.25, -0.2) is 13.1 Å². The average molecular weight is 474 g/mol. The molecule has 4 nitrogen and oxygen atoms in total. The molecule has 0 spiro atoms. The van der Waals surface area contributed by atoms with E-state index >= 15 is 0 Å². The van der Waals surface area contributed by atoms with Gasteiger partial charge in [-0.15, -0.1) is 11.3 Å². The van der Waals surface area contributed by atoms with Crippen LogP contribution in [0.5, 0.6) is 0 Å². The first-order valence-electron chi connectivity index (χ1n) is 12.7. The van der Waals surface area contributed by atoms with Gasteiger partial charge in [0.2, 0.25) is 10.0 Å². The van der Waals surface area contributed by atoms with Crippen molar-refractivity contribution in [1.29, 1.82) is 0 Å². The van der Waals surface area contributed by atoms with E-state index in [2.05, 4.69) is 25.7 Å². The highest BCUT2D eigenvalue weighted by molar-refractivity contribution is 7.91. The van der Waals surface area contributed by atoms with Crippen LogP contribution in [0.15, 0.2) is 21.7 Å². The quantitative estimate of drug-likeness (QED) is 0.155. The number of nitrogens with one attached hydrogen (secondary N) is 1. The molecule has 1 aromatic rings. The summed E-state index contributed by atoms with van der Waals surface area (Å²) in [4.78, 5) is 0. The molecule has 0 fully saturated rings. The van der Waals surface area contributed by atoms with Crippen LogP contribution in [-0.4, -0.2) is 46.6 Å². The number of thiophene rings is 1. The van der Waals surface area contributed by atoms with Gasteiger partial charge in [0.05, 0.1) is 27.2 Å². The van der Waals surface area contributed by atoms with Crippen molar-refractivity contribution in [2.45, 2.75) is 107 Å². The van der Waals surface area contributed by atoms with Crippen molar-refractivity contribution in [3.05, 3.63) is 17.5 Å². The zero-order valence-electron chi connectivity index (χ0n) is 20.5. The van der Waals surface area contributed by atoms with Crippen molar-refractivity contribution in [2.75, 3.05) is 33.7 Å². The maximum absolute atomic E-state index is 12.1. The minimum absolute atomic E-state index is 0.406. The van der Waals surface area contributed by atoms with E-state index in [-0.39, 0.29) is 0 Å². The Morgan fingerprint density at radius 3 is 1.74 bits per heavy atom. The van der Waals surface area contributed by atoms with Gasteiger partial charge in [-0.1, -0.05) is 90.0 Å². The van der Waals surface area contributed by atoms with Gasteiger partial charge in [0.1, 0.15) is 4.21 Å². The minimum atomic E-state index is -3.32. The zero-order chi connectivity index (χ0) is 22.8. The first-order chi connectivity index (χ1) is 14.9. The molecule has 182 valence electrons. The van der Waals surface area contributed by atoms with Crippen LogP contribution < -0.4 is 4.72 Å². The lowest BCUT2D eigenvalue weighted by Gasteiger charge is -2.30. The molecule has 0 radical (unpaired) electrons. The molecule has 0 saturated carbocycles. The SMILES string of the molecule is CCCCCCCCCCCCCCCC[N+](C)(C)CCCNS(=O)(=O)c1cccs1. The van der Waals surface area contributed by atoms with Crippen molar-refractivity contribution in [2.24, 2.45) is 0 Å². The third-order valence-electron chi connectivity index (χ3n) is 6.11. The second kappa shape index (κ2) is 17.1. The zero-order valence-corrected chi connectivity index (χ0v) is 22.2. The summed E-state index contributed by atoms with van der Waals surface area (Å²) >= 11 is 1.27. The summed E-state index contributed by atoms with van der Waals surface area (Å²) in [6.45, 7) is 4.98. The molecule has 0 aliphatic carbocycles.